The van der Waals surface area contributed by atoms with Gasteiger partial charge in [0.1, 0.15) is 0 Å². The van der Waals surface area contributed by atoms with Crippen LogP contribution in [0.4, 0.5) is 0 Å². The van der Waals surface area contributed by atoms with E-state index in [-0.39, 0.29) is 22.8 Å². The molecule has 13 heavy (non-hydrogen) atoms. The molecular weight excluding hydrogens is 162 g/mol. The van der Waals surface area contributed by atoms with Gasteiger partial charge in [-0.1, -0.05) is 27.2 Å². The Morgan fingerprint density at radius 3 is 2.38 bits per heavy atom. The number of carbonyl (C=O) groups excluding carboxylic acids is 1. The SMILES string of the molecule is CCC(C)(C)C1CC(C)(C)NC1=O. The van der Waals surface area contributed by atoms with Gasteiger partial charge in [-0.3, -0.25) is 4.79 Å². The van der Waals surface area contributed by atoms with Crippen molar-refractivity contribution in [1.82, 2.24) is 5.32 Å². The van der Waals surface area contributed by atoms with E-state index in [0.29, 0.717) is 0 Å². The molecular formula is C11H21NO. The zero-order valence-electron chi connectivity index (χ0n) is 9.40. The Balaban J connectivity index is 2.79. The summed E-state index contributed by atoms with van der Waals surface area (Å²) in [6, 6.07) is 0. The van der Waals surface area contributed by atoms with Gasteiger partial charge in [0, 0.05) is 11.5 Å². The summed E-state index contributed by atoms with van der Waals surface area (Å²) in [6.07, 6.45) is 2.02. The smallest absolute Gasteiger partial charge is 0.224 e. The summed E-state index contributed by atoms with van der Waals surface area (Å²) in [5.41, 5.74) is 0.131. The molecule has 0 aromatic heterocycles. The second-order valence-electron chi connectivity index (χ2n) is 5.47. The van der Waals surface area contributed by atoms with Crippen molar-refractivity contribution in [3.8, 4) is 0 Å². The first-order chi connectivity index (χ1) is 5.78. The summed E-state index contributed by atoms with van der Waals surface area (Å²) < 4.78 is 0. The minimum atomic E-state index is -0.00576. The van der Waals surface area contributed by atoms with E-state index in [1.165, 1.54) is 0 Å². The van der Waals surface area contributed by atoms with E-state index in [1.54, 1.807) is 0 Å². The van der Waals surface area contributed by atoms with Crippen molar-refractivity contribution in [3.63, 3.8) is 0 Å². The first kappa shape index (κ1) is 10.6. The summed E-state index contributed by atoms with van der Waals surface area (Å²) in [5, 5.41) is 3.04. The number of carbonyl (C=O) groups is 1. The number of amides is 1. The summed E-state index contributed by atoms with van der Waals surface area (Å²) >= 11 is 0. The normalized spacial score (nSPS) is 27.5. The Labute approximate surface area is 81.1 Å². The Morgan fingerprint density at radius 1 is 1.54 bits per heavy atom. The highest BCUT2D eigenvalue weighted by Crippen LogP contribution is 2.39. The molecule has 2 heteroatoms. The Morgan fingerprint density at radius 2 is 2.08 bits per heavy atom. The molecule has 1 heterocycles. The van der Waals surface area contributed by atoms with Gasteiger partial charge in [-0.05, 0) is 25.7 Å². The van der Waals surface area contributed by atoms with Crippen LogP contribution < -0.4 is 5.32 Å². The number of hydrogen-bond donors (Lipinski definition) is 1. The van der Waals surface area contributed by atoms with Gasteiger partial charge in [0.25, 0.3) is 0 Å². The van der Waals surface area contributed by atoms with Gasteiger partial charge in [-0.15, -0.1) is 0 Å². The molecule has 0 spiro atoms. The first-order valence-electron chi connectivity index (χ1n) is 5.10. The maximum atomic E-state index is 11.7. The van der Waals surface area contributed by atoms with Crippen molar-refractivity contribution in [3.05, 3.63) is 0 Å². The minimum absolute atomic E-state index is 0.00576. The van der Waals surface area contributed by atoms with Crippen molar-refractivity contribution in [2.45, 2.75) is 53.0 Å². The van der Waals surface area contributed by atoms with Crippen LogP contribution in [0.5, 0.6) is 0 Å². The lowest BCUT2D eigenvalue weighted by atomic mass is 9.74. The highest BCUT2D eigenvalue weighted by Gasteiger charge is 2.44. The third-order valence-corrected chi connectivity index (χ3v) is 3.35. The Kier molecular flexibility index (Phi) is 2.44. The van der Waals surface area contributed by atoms with Crippen molar-refractivity contribution in [1.29, 1.82) is 0 Å². The van der Waals surface area contributed by atoms with Crippen LogP contribution in [0.25, 0.3) is 0 Å². The third-order valence-electron chi connectivity index (χ3n) is 3.35. The zero-order chi connectivity index (χ0) is 10.3. The third kappa shape index (κ3) is 2.04. The van der Waals surface area contributed by atoms with Gasteiger partial charge in [0.2, 0.25) is 5.91 Å². The lowest BCUT2D eigenvalue weighted by molar-refractivity contribution is -0.125. The summed E-state index contributed by atoms with van der Waals surface area (Å²) in [7, 11) is 0. The van der Waals surface area contributed by atoms with Crippen LogP contribution in [0.2, 0.25) is 0 Å². The minimum Gasteiger partial charge on any atom is -0.351 e. The molecule has 1 aliphatic heterocycles. The second-order valence-corrected chi connectivity index (χ2v) is 5.47. The molecule has 1 rings (SSSR count). The fourth-order valence-corrected chi connectivity index (χ4v) is 1.95. The molecule has 0 bridgehead atoms. The van der Waals surface area contributed by atoms with Crippen molar-refractivity contribution < 1.29 is 4.79 Å². The van der Waals surface area contributed by atoms with E-state index in [9.17, 15) is 4.79 Å². The van der Waals surface area contributed by atoms with Crippen molar-refractivity contribution in [2.24, 2.45) is 11.3 Å². The van der Waals surface area contributed by atoms with Crippen molar-refractivity contribution >= 4 is 5.91 Å². The Bertz CT molecular complexity index is 218. The molecule has 0 aromatic carbocycles. The summed E-state index contributed by atoms with van der Waals surface area (Å²) in [6.45, 7) is 10.7. The maximum Gasteiger partial charge on any atom is 0.224 e. The molecule has 1 N–H and O–H groups in total. The fourth-order valence-electron chi connectivity index (χ4n) is 1.95. The summed E-state index contributed by atoms with van der Waals surface area (Å²) in [4.78, 5) is 11.7. The molecule has 1 atom stereocenters. The maximum absolute atomic E-state index is 11.7. The lowest BCUT2D eigenvalue weighted by Gasteiger charge is -2.28. The van der Waals surface area contributed by atoms with Crippen molar-refractivity contribution in [2.75, 3.05) is 0 Å². The quantitative estimate of drug-likeness (QED) is 0.699. The number of nitrogens with one attached hydrogen (secondary N) is 1. The fraction of sp³-hybridized carbons (Fsp3) is 0.909. The molecule has 2 nitrogen and oxygen atoms in total. The number of hydrogen-bond acceptors (Lipinski definition) is 1. The molecule has 0 saturated carbocycles. The average Bonchev–Trinajstić information content (AvgIpc) is 2.25. The molecule has 76 valence electrons. The van der Waals surface area contributed by atoms with Gasteiger partial charge < -0.3 is 5.32 Å². The van der Waals surface area contributed by atoms with Crippen LogP contribution in [-0.2, 0) is 4.79 Å². The highest BCUT2D eigenvalue weighted by atomic mass is 16.2. The molecule has 0 radical (unpaired) electrons. The van der Waals surface area contributed by atoms with E-state index in [0.717, 1.165) is 12.8 Å². The molecule has 1 amide bonds. The van der Waals surface area contributed by atoms with E-state index < -0.39 is 0 Å². The van der Waals surface area contributed by atoms with Gasteiger partial charge in [0.05, 0.1) is 0 Å². The van der Waals surface area contributed by atoms with Gasteiger partial charge >= 0.3 is 0 Å². The second kappa shape index (κ2) is 3.00. The highest BCUT2D eigenvalue weighted by molar-refractivity contribution is 5.82. The van der Waals surface area contributed by atoms with Crippen LogP contribution in [0.15, 0.2) is 0 Å². The van der Waals surface area contributed by atoms with Crippen LogP contribution in [-0.4, -0.2) is 11.4 Å². The van der Waals surface area contributed by atoms with Crippen LogP contribution in [0.1, 0.15) is 47.5 Å². The Hall–Kier alpha value is -0.530. The predicted molar refractivity (Wildman–Crippen MR) is 54.4 cm³/mol. The van der Waals surface area contributed by atoms with E-state index in [1.807, 2.05) is 0 Å². The van der Waals surface area contributed by atoms with E-state index >= 15 is 0 Å². The molecule has 1 fully saturated rings. The topological polar surface area (TPSA) is 29.1 Å². The molecule has 0 aromatic rings. The molecule has 1 saturated heterocycles. The average molecular weight is 183 g/mol. The molecule has 0 aliphatic carbocycles. The van der Waals surface area contributed by atoms with E-state index in [4.69, 9.17) is 0 Å². The van der Waals surface area contributed by atoms with Gasteiger partial charge in [-0.25, -0.2) is 0 Å². The van der Waals surface area contributed by atoms with Gasteiger partial charge in [0.15, 0.2) is 0 Å². The largest absolute Gasteiger partial charge is 0.351 e. The molecule has 1 unspecified atom stereocenters. The van der Waals surface area contributed by atoms with Crippen LogP contribution in [0.3, 0.4) is 0 Å². The number of rotatable bonds is 2. The lowest BCUT2D eigenvalue weighted by Crippen LogP contribution is -2.35. The standard InChI is InChI=1S/C11H21NO/c1-6-10(2,3)8-7-11(4,5)12-9(8)13/h8H,6-7H2,1-5H3,(H,12,13). The zero-order valence-corrected chi connectivity index (χ0v) is 9.40. The van der Waals surface area contributed by atoms with Crippen LogP contribution >= 0.6 is 0 Å². The van der Waals surface area contributed by atoms with Crippen LogP contribution in [0, 0.1) is 11.3 Å². The van der Waals surface area contributed by atoms with E-state index in [2.05, 4.69) is 39.9 Å². The summed E-state index contributed by atoms with van der Waals surface area (Å²) in [5.74, 6) is 0.421. The monoisotopic (exact) mass is 183 g/mol. The first-order valence-corrected chi connectivity index (χ1v) is 5.10. The predicted octanol–water partition coefficient (Wildman–Crippen LogP) is 2.34. The van der Waals surface area contributed by atoms with Gasteiger partial charge in [-0.2, -0.15) is 0 Å². The molecule has 1 aliphatic rings.